The van der Waals surface area contributed by atoms with E-state index in [4.69, 9.17) is 26.7 Å². The first-order valence-corrected chi connectivity index (χ1v) is 12.1. The topological polar surface area (TPSA) is 181 Å². The van der Waals surface area contributed by atoms with E-state index in [-0.39, 0.29) is 24.3 Å². The van der Waals surface area contributed by atoms with E-state index in [1.165, 1.54) is 0 Å². The molecule has 12 nitrogen and oxygen atoms in total. The zero-order valence-corrected chi connectivity index (χ0v) is 20.3. The third-order valence-electron chi connectivity index (χ3n) is 7.18. The van der Waals surface area contributed by atoms with Gasteiger partial charge in [0, 0.05) is 31.6 Å². The standard InChI is InChI=1S/C24H32N8O4/c1-23(34)13-24(36-12-17(23)32-14-28-18-19(26)29-22(27)30-20(18)32)5-8-31(9-6-24)21(33)15-3-2-4-16(11-15)35-10-7-25/h2-4,11,14,17,34H,5-10,12-13,25H2,1H3,(H4,26,27,29,30)/t17-,23-/m1/s1. The fourth-order valence-electron chi connectivity index (χ4n) is 5.34. The number of amides is 1. The van der Waals surface area contributed by atoms with Crippen LogP contribution >= 0.6 is 0 Å². The quantitative estimate of drug-likeness (QED) is 0.393. The predicted molar refractivity (Wildman–Crippen MR) is 133 cm³/mol. The SMILES string of the molecule is C[C@@]1(O)CC2(CCN(C(=O)c3cccc(OCCN)c3)CC2)OC[C@H]1n1cnc2c(N)nc(N)nc21. The van der Waals surface area contributed by atoms with E-state index in [1.54, 1.807) is 36.0 Å². The highest BCUT2D eigenvalue weighted by atomic mass is 16.5. The van der Waals surface area contributed by atoms with Gasteiger partial charge in [0.1, 0.15) is 17.9 Å². The fourth-order valence-corrected chi connectivity index (χ4v) is 5.34. The number of hydrogen-bond acceptors (Lipinski definition) is 10. The van der Waals surface area contributed by atoms with Crippen LogP contribution in [0, 0.1) is 0 Å². The van der Waals surface area contributed by atoms with Crippen LogP contribution < -0.4 is 21.9 Å². The van der Waals surface area contributed by atoms with Crippen molar-refractivity contribution in [2.75, 3.05) is 44.3 Å². The molecule has 2 saturated heterocycles. The number of ether oxygens (including phenoxy) is 2. The van der Waals surface area contributed by atoms with Crippen LogP contribution in [0.4, 0.5) is 11.8 Å². The van der Waals surface area contributed by atoms with Crippen LogP contribution in [-0.4, -0.2) is 79.5 Å². The first-order chi connectivity index (χ1) is 17.2. The van der Waals surface area contributed by atoms with Gasteiger partial charge in [-0.05, 0) is 38.0 Å². The molecule has 4 heterocycles. The minimum absolute atomic E-state index is 0.0445. The largest absolute Gasteiger partial charge is 0.492 e. The third kappa shape index (κ3) is 4.43. The molecule has 1 spiro atoms. The molecule has 0 radical (unpaired) electrons. The summed E-state index contributed by atoms with van der Waals surface area (Å²) in [5.41, 5.74) is 17.1. The molecule has 5 rings (SSSR count). The number of nitrogens with two attached hydrogens (primary N) is 3. The Morgan fingerprint density at radius 1 is 1.28 bits per heavy atom. The van der Waals surface area contributed by atoms with Crippen LogP contribution in [0.1, 0.15) is 42.6 Å². The number of carbonyl (C=O) groups excluding carboxylic acids is 1. The summed E-state index contributed by atoms with van der Waals surface area (Å²) in [4.78, 5) is 27.5. The van der Waals surface area contributed by atoms with Gasteiger partial charge in [-0.1, -0.05) is 6.07 Å². The number of hydrogen-bond donors (Lipinski definition) is 4. The second-order valence-electron chi connectivity index (χ2n) is 9.79. The van der Waals surface area contributed by atoms with Crippen LogP contribution in [0.3, 0.4) is 0 Å². The van der Waals surface area contributed by atoms with Crippen molar-refractivity contribution in [2.45, 2.75) is 43.4 Å². The highest BCUT2D eigenvalue weighted by Gasteiger charge is 2.50. The number of piperidine rings is 1. The molecule has 0 unspecified atom stereocenters. The Kier molecular flexibility index (Phi) is 6.18. The Hall–Kier alpha value is -3.48. The molecule has 2 aliphatic heterocycles. The monoisotopic (exact) mass is 496 g/mol. The van der Waals surface area contributed by atoms with Crippen LogP contribution in [0.2, 0.25) is 0 Å². The summed E-state index contributed by atoms with van der Waals surface area (Å²) in [6.45, 7) is 3.92. The van der Waals surface area contributed by atoms with Crippen molar-refractivity contribution in [1.29, 1.82) is 0 Å². The highest BCUT2D eigenvalue weighted by Crippen LogP contribution is 2.44. The summed E-state index contributed by atoms with van der Waals surface area (Å²) < 4.78 is 13.7. The van der Waals surface area contributed by atoms with Crippen molar-refractivity contribution in [3.63, 3.8) is 0 Å². The van der Waals surface area contributed by atoms with E-state index in [2.05, 4.69) is 15.0 Å². The fraction of sp³-hybridized carbons (Fsp3) is 0.500. The van der Waals surface area contributed by atoms with E-state index in [1.807, 2.05) is 11.0 Å². The average molecular weight is 497 g/mol. The van der Waals surface area contributed by atoms with Crippen molar-refractivity contribution in [1.82, 2.24) is 24.4 Å². The maximum Gasteiger partial charge on any atom is 0.253 e. The first kappa shape index (κ1) is 24.2. The molecule has 2 fully saturated rings. The lowest BCUT2D eigenvalue weighted by Gasteiger charge is -2.51. The van der Waals surface area contributed by atoms with E-state index >= 15 is 0 Å². The van der Waals surface area contributed by atoms with E-state index < -0.39 is 17.2 Å². The molecule has 0 bridgehead atoms. The first-order valence-electron chi connectivity index (χ1n) is 12.1. The summed E-state index contributed by atoms with van der Waals surface area (Å²) in [5.74, 6) is 0.808. The zero-order valence-electron chi connectivity index (χ0n) is 20.3. The number of aliphatic hydroxyl groups is 1. The van der Waals surface area contributed by atoms with Crippen LogP contribution in [0.5, 0.6) is 5.75 Å². The molecule has 12 heteroatoms. The lowest BCUT2D eigenvalue weighted by molar-refractivity contribution is -0.194. The normalized spacial score (nSPS) is 23.8. The Morgan fingerprint density at radius 2 is 2.06 bits per heavy atom. The number of rotatable bonds is 5. The van der Waals surface area contributed by atoms with Crippen LogP contribution in [-0.2, 0) is 4.74 Å². The average Bonchev–Trinajstić information content (AvgIpc) is 3.26. The number of likely N-dealkylation sites (tertiary alicyclic amines) is 1. The summed E-state index contributed by atoms with van der Waals surface area (Å²) in [6.07, 6.45) is 3.24. The number of carbonyl (C=O) groups is 1. The van der Waals surface area contributed by atoms with E-state index in [0.717, 1.165) is 0 Å². The molecule has 0 saturated carbocycles. The minimum Gasteiger partial charge on any atom is -0.492 e. The van der Waals surface area contributed by atoms with Crippen molar-refractivity contribution in [3.05, 3.63) is 36.2 Å². The Morgan fingerprint density at radius 3 is 2.78 bits per heavy atom. The highest BCUT2D eigenvalue weighted by molar-refractivity contribution is 5.94. The number of nitrogen functional groups attached to an aromatic ring is 2. The molecule has 192 valence electrons. The van der Waals surface area contributed by atoms with Gasteiger partial charge in [-0.25, -0.2) is 4.98 Å². The molecule has 0 aliphatic carbocycles. The van der Waals surface area contributed by atoms with Crippen molar-refractivity contribution < 1.29 is 19.4 Å². The molecule has 3 aromatic rings. The summed E-state index contributed by atoms with van der Waals surface area (Å²) in [7, 11) is 0. The lowest BCUT2D eigenvalue weighted by atomic mass is 9.75. The second-order valence-corrected chi connectivity index (χ2v) is 9.79. The number of aromatic nitrogens is 4. The number of imidazole rings is 1. The number of benzene rings is 1. The van der Waals surface area contributed by atoms with Gasteiger partial charge in [-0.3, -0.25) is 4.79 Å². The molecule has 2 aliphatic rings. The Labute approximate surface area is 208 Å². The van der Waals surface area contributed by atoms with Crippen LogP contribution in [0.15, 0.2) is 30.6 Å². The number of anilines is 2. The molecule has 1 amide bonds. The van der Waals surface area contributed by atoms with Gasteiger partial charge in [-0.2, -0.15) is 9.97 Å². The minimum atomic E-state index is -1.11. The zero-order chi connectivity index (χ0) is 25.5. The van der Waals surface area contributed by atoms with Gasteiger partial charge in [0.2, 0.25) is 5.95 Å². The molecular formula is C24H32N8O4. The maximum atomic E-state index is 13.1. The predicted octanol–water partition coefficient (Wildman–Crippen LogP) is 0.716. The lowest BCUT2D eigenvalue weighted by Crippen LogP contribution is -2.58. The van der Waals surface area contributed by atoms with Gasteiger partial charge in [0.25, 0.3) is 5.91 Å². The van der Waals surface area contributed by atoms with Crippen LogP contribution in [0.25, 0.3) is 11.2 Å². The Bertz CT molecular complexity index is 1270. The third-order valence-corrected chi connectivity index (χ3v) is 7.18. The van der Waals surface area contributed by atoms with Crippen molar-refractivity contribution >= 4 is 28.8 Å². The molecular weight excluding hydrogens is 464 g/mol. The summed E-state index contributed by atoms with van der Waals surface area (Å²) in [5, 5.41) is 11.5. The van der Waals surface area contributed by atoms with Gasteiger partial charge < -0.3 is 41.2 Å². The smallest absolute Gasteiger partial charge is 0.253 e. The maximum absolute atomic E-state index is 13.1. The molecule has 2 atom stereocenters. The Balaban J connectivity index is 1.27. The molecule has 1 aromatic carbocycles. The van der Waals surface area contributed by atoms with E-state index in [0.29, 0.717) is 68.0 Å². The molecule has 36 heavy (non-hydrogen) atoms. The van der Waals surface area contributed by atoms with E-state index in [9.17, 15) is 9.90 Å². The summed E-state index contributed by atoms with van der Waals surface area (Å²) in [6, 6.07) is 6.71. The van der Waals surface area contributed by atoms with Gasteiger partial charge in [-0.15, -0.1) is 0 Å². The molecule has 2 aromatic heterocycles. The number of fused-ring (bicyclic) bond motifs is 1. The van der Waals surface area contributed by atoms with Gasteiger partial charge in [0.05, 0.1) is 30.2 Å². The summed E-state index contributed by atoms with van der Waals surface area (Å²) >= 11 is 0. The van der Waals surface area contributed by atoms with Gasteiger partial charge in [0.15, 0.2) is 11.5 Å². The van der Waals surface area contributed by atoms with Crippen molar-refractivity contribution in [3.8, 4) is 5.75 Å². The second kappa shape index (κ2) is 9.19. The van der Waals surface area contributed by atoms with Crippen molar-refractivity contribution in [2.24, 2.45) is 5.73 Å². The number of nitrogens with zero attached hydrogens (tertiary/aromatic N) is 5. The molecule has 7 N–H and O–H groups in total. The van der Waals surface area contributed by atoms with Gasteiger partial charge >= 0.3 is 0 Å².